The van der Waals surface area contributed by atoms with Crippen LogP contribution in [-0.2, 0) is 22.4 Å². The number of thiazole rings is 1. The summed E-state index contributed by atoms with van der Waals surface area (Å²) in [5.41, 5.74) is 1.74. The SMILES string of the molecule is CCOc1ccccc1NC(=O)CC(=O)N[C@@H](C)c1nc2c(s1)CCCC2. The van der Waals surface area contributed by atoms with Crippen molar-refractivity contribution in [2.45, 2.75) is 52.0 Å². The summed E-state index contributed by atoms with van der Waals surface area (Å²) < 4.78 is 5.48. The molecule has 1 aromatic heterocycles. The van der Waals surface area contributed by atoms with Crippen LogP contribution in [0.3, 0.4) is 0 Å². The standard InChI is InChI=1S/C20H25N3O3S/c1-3-26-16-10-6-4-8-14(16)22-19(25)12-18(24)21-13(2)20-23-15-9-5-7-11-17(15)27-20/h4,6,8,10,13H,3,5,7,9,11-12H2,1-2H3,(H,21,24)(H,22,25)/t13-/m0/s1. The molecular formula is C20H25N3O3S. The number of benzene rings is 1. The fourth-order valence-corrected chi connectivity index (χ4v) is 4.26. The van der Waals surface area contributed by atoms with E-state index in [9.17, 15) is 9.59 Å². The average Bonchev–Trinajstić information content (AvgIpc) is 3.07. The molecule has 2 aromatic rings. The molecule has 6 nitrogen and oxygen atoms in total. The minimum atomic E-state index is -0.370. The predicted octanol–water partition coefficient (Wildman–Crippen LogP) is 3.63. The lowest BCUT2D eigenvalue weighted by Crippen LogP contribution is -2.30. The highest BCUT2D eigenvalue weighted by molar-refractivity contribution is 7.11. The average molecular weight is 388 g/mol. The largest absolute Gasteiger partial charge is 0.492 e. The Balaban J connectivity index is 1.54. The number of amides is 2. The second kappa shape index (κ2) is 8.99. The number of anilines is 1. The second-order valence-electron chi connectivity index (χ2n) is 6.57. The van der Waals surface area contributed by atoms with Gasteiger partial charge in [0.25, 0.3) is 0 Å². The van der Waals surface area contributed by atoms with Crippen LogP contribution >= 0.6 is 11.3 Å². The molecule has 0 saturated heterocycles. The van der Waals surface area contributed by atoms with Gasteiger partial charge in [0.15, 0.2) is 0 Å². The molecule has 7 heteroatoms. The minimum absolute atomic E-state index is 0.198. The Morgan fingerprint density at radius 2 is 2.00 bits per heavy atom. The number of carbonyl (C=O) groups is 2. The smallest absolute Gasteiger partial charge is 0.233 e. The number of aromatic nitrogens is 1. The fraction of sp³-hybridized carbons (Fsp3) is 0.450. The van der Waals surface area contributed by atoms with Crippen LogP contribution < -0.4 is 15.4 Å². The third kappa shape index (κ3) is 5.07. The Morgan fingerprint density at radius 1 is 1.22 bits per heavy atom. The predicted molar refractivity (Wildman–Crippen MR) is 106 cm³/mol. The third-order valence-corrected chi connectivity index (χ3v) is 5.73. The maximum absolute atomic E-state index is 12.3. The molecular weight excluding hydrogens is 362 g/mol. The van der Waals surface area contributed by atoms with Crippen molar-refractivity contribution in [3.63, 3.8) is 0 Å². The lowest BCUT2D eigenvalue weighted by molar-refractivity contribution is -0.127. The molecule has 1 atom stereocenters. The number of para-hydroxylation sites is 2. The van der Waals surface area contributed by atoms with Gasteiger partial charge in [0.05, 0.1) is 24.0 Å². The van der Waals surface area contributed by atoms with Crippen LogP contribution in [0.2, 0.25) is 0 Å². The van der Waals surface area contributed by atoms with Gasteiger partial charge in [-0.05, 0) is 51.7 Å². The van der Waals surface area contributed by atoms with E-state index in [2.05, 4.69) is 15.6 Å². The van der Waals surface area contributed by atoms with E-state index in [0.29, 0.717) is 18.0 Å². The van der Waals surface area contributed by atoms with E-state index in [4.69, 9.17) is 4.74 Å². The first kappa shape index (κ1) is 19.4. The summed E-state index contributed by atoms with van der Waals surface area (Å²) in [6, 6.07) is 6.99. The lowest BCUT2D eigenvalue weighted by Gasteiger charge is -2.13. The highest BCUT2D eigenvalue weighted by Crippen LogP contribution is 2.29. The lowest BCUT2D eigenvalue weighted by atomic mass is 10.0. The molecule has 144 valence electrons. The summed E-state index contributed by atoms with van der Waals surface area (Å²) in [5, 5.41) is 6.53. The van der Waals surface area contributed by atoms with Gasteiger partial charge in [0.1, 0.15) is 17.2 Å². The van der Waals surface area contributed by atoms with Crippen molar-refractivity contribution in [2.24, 2.45) is 0 Å². The van der Waals surface area contributed by atoms with E-state index >= 15 is 0 Å². The van der Waals surface area contributed by atoms with E-state index < -0.39 is 0 Å². The molecule has 1 aliphatic rings. The Bertz CT molecular complexity index is 795. The summed E-state index contributed by atoms with van der Waals surface area (Å²) in [6.07, 6.45) is 4.25. The molecule has 0 aliphatic heterocycles. The van der Waals surface area contributed by atoms with Gasteiger partial charge < -0.3 is 15.4 Å². The Morgan fingerprint density at radius 3 is 2.78 bits per heavy atom. The normalized spacial score (nSPS) is 14.1. The third-order valence-electron chi connectivity index (χ3n) is 4.39. The van der Waals surface area contributed by atoms with Crippen molar-refractivity contribution >= 4 is 28.8 Å². The molecule has 1 aromatic carbocycles. The number of aryl methyl sites for hydroxylation is 2. The molecule has 0 radical (unpaired) electrons. The van der Waals surface area contributed by atoms with E-state index in [1.807, 2.05) is 26.0 Å². The van der Waals surface area contributed by atoms with Crippen molar-refractivity contribution in [1.29, 1.82) is 0 Å². The number of rotatable bonds is 7. The number of nitrogens with zero attached hydrogens (tertiary/aromatic N) is 1. The van der Waals surface area contributed by atoms with E-state index in [-0.39, 0.29) is 24.3 Å². The molecule has 0 fully saturated rings. The first-order chi connectivity index (χ1) is 13.1. The Labute approximate surface area is 163 Å². The highest BCUT2D eigenvalue weighted by atomic mass is 32.1. The summed E-state index contributed by atoms with van der Waals surface area (Å²) in [6.45, 7) is 4.29. The van der Waals surface area contributed by atoms with Gasteiger partial charge in [-0.15, -0.1) is 11.3 Å². The van der Waals surface area contributed by atoms with Gasteiger partial charge in [-0.25, -0.2) is 4.98 Å². The van der Waals surface area contributed by atoms with Gasteiger partial charge in [0, 0.05) is 4.88 Å². The van der Waals surface area contributed by atoms with E-state index in [0.717, 1.165) is 17.8 Å². The number of carbonyl (C=O) groups excluding carboxylic acids is 2. The number of nitrogens with one attached hydrogen (secondary N) is 2. The molecule has 0 unspecified atom stereocenters. The quantitative estimate of drug-likeness (QED) is 0.711. The van der Waals surface area contributed by atoms with Gasteiger partial charge >= 0.3 is 0 Å². The van der Waals surface area contributed by atoms with E-state index in [1.165, 1.54) is 23.4 Å². The number of ether oxygens (including phenoxy) is 1. The number of hydrogen-bond acceptors (Lipinski definition) is 5. The van der Waals surface area contributed by atoms with Crippen LogP contribution in [0.1, 0.15) is 54.7 Å². The van der Waals surface area contributed by atoms with Crippen molar-refractivity contribution in [1.82, 2.24) is 10.3 Å². The van der Waals surface area contributed by atoms with Crippen LogP contribution in [-0.4, -0.2) is 23.4 Å². The minimum Gasteiger partial charge on any atom is -0.492 e. The monoisotopic (exact) mass is 387 g/mol. The molecule has 0 spiro atoms. The second-order valence-corrected chi connectivity index (χ2v) is 7.69. The molecule has 2 N–H and O–H groups in total. The van der Waals surface area contributed by atoms with Gasteiger partial charge in [0.2, 0.25) is 11.8 Å². The summed E-state index contributed by atoms with van der Waals surface area (Å²) in [7, 11) is 0. The molecule has 0 bridgehead atoms. The van der Waals surface area contributed by atoms with Crippen molar-refractivity contribution in [3.8, 4) is 5.75 Å². The van der Waals surface area contributed by atoms with Crippen molar-refractivity contribution < 1.29 is 14.3 Å². The van der Waals surface area contributed by atoms with Gasteiger partial charge in [-0.2, -0.15) is 0 Å². The first-order valence-corrected chi connectivity index (χ1v) is 10.2. The zero-order valence-corrected chi connectivity index (χ0v) is 16.5. The number of fused-ring (bicyclic) bond motifs is 1. The summed E-state index contributed by atoms with van der Waals surface area (Å²) >= 11 is 1.67. The van der Waals surface area contributed by atoms with Crippen LogP contribution in [0.5, 0.6) is 5.75 Å². The maximum atomic E-state index is 12.3. The van der Waals surface area contributed by atoms with Crippen LogP contribution in [0.25, 0.3) is 0 Å². The molecule has 2 amide bonds. The summed E-state index contributed by atoms with van der Waals surface area (Å²) in [4.78, 5) is 30.5. The topological polar surface area (TPSA) is 80.3 Å². The van der Waals surface area contributed by atoms with E-state index in [1.54, 1.807) is 23.5 Å². The maximum Gasteiger partial charge on any atom is 0.233 e. The zero-order valence-electron chi connectivity index (χ0n) is 15.7. The molecule has 1 aliphatic carbocycles. The molecule has 1 heterocycles. The summed E-state index contributed by atoms with van der Waals surface area (Å²) in [5.74, 6) is -0.0946. The Kier molecular flexibility index (Phi) is 6.45. The first-order valence-electron chi connectivity index (χ1n) is 9.36. The van der Waals surface area contributed by atoms with Gasteiger partial charge in [-0.1, -0.05) is 12.1 Å². The highest BCUT2D eigenvalue weighted by Gasteiger charge is 2.20. The molecule has 0 saturated carbocycles. The van der Waals surface area contributed by atoms with Crippen LogP contribution in [0, 0.1) is 0 Å². The van der Waals surface area contributed by atoms with Crippen molar-refractivity contribution in [3.05, 3.63) is 39.8 Å². The van der Waals surface area contributed by atoms with Crippen LogP contribution in [0.4, 0.5) is 5.69 Å². The molecule has 3 rings (SSSR count). The molecule has 27 heavy (non-hydrogen) atoms. The van der Waals surface area contributed by atoms with Crippen molar-refractivity contribution in [2.75, 3.05) is 11.9 Å². The Hall–Kier alpha value is -2.41. The van der Waals surface area contributed by atoms with Gasteiger partial charge in [-0.3, -0.25) is 9.59 Å². The number of hydrogen-bond donors (Lipinski definition) is 2. The van der Waals surface area contributed by atoms with Crippen LogP contribution in [0.15, 0.2) is 24.3 Å². The zero-order chi connectivity index (χ0) is 19.2. The fourth-order valence-electron chi connectivity index (χ4n) is 3.10.